The quantitative estimate of drug-likeness (QED) is 0.822. The fourth-order valence-electron chi connectivity index (χ4n) is 1.48. The summed E-state index contributed by atoms with van der Waals surface area (Å²) in [6, 6.07) is 6.90. The SMILES string of the molecule is COc1ccc(C)cc1S(=O)(=O)CC(C)C#N. The molecular formula is C12H15NO3S. The van der Waals surface area contributed by atoms with E-state index in [2.05, 4.69) is 0 Å². The predicted octanol–water partition coefficient (Wildman–Crippen LogP) is 1.94. The van der Waals surface area contributed by atoms with Crippen molar-refractivity contribution in [2.75, 3.05) is 12.9 Å². The normalized spacial score (nSPS) is 12.8. The number of sulfone groups is 1. The van der Waals surface area contributed by atoms with E-state index in [1.165, 1.54) is 7.11 Å². The first-order chi connectivity index (χ1) is 7.90. The number of nitriles is 1. The third-order valence-electron chi connectivity index (χ3n) is 2.34. The first kappa shape index (κ1) is 13.5. The Bertz CT molecular complexity index is 543. The maximum atomic E-state index is 12.1. The number of rotatable bonds is 4. The molecule has 0 heterocycles. The second kappa shape index (κ2) is 5.19. The van der Waals surface area contributed by atoms with Gasteiger partial charge < -0.3 is 4.74 Å². The van der Waals surface area contributed by atoms with Gasteiger partial charge in [0.2, 0.25) is 0 Å². The number of benzene rings is 1. The predicted molar refractivity (Wildman–Crippen MR) is 64.6 cm³/mol. The fourth-order valence-corrected chi connectivity index (χ4v) is 3.22. The molecule has 0 fully saturated rings. The molecule has 1 unspecified atom stereocenters. The van der Waals surface area contributed by atoms with Gasteiger partial charge in [0, 0.05) is 0 Å². The topological polar surface area (TPSA) is 67.2 Å². The van der Waals surface area contributed by atoms with Crippen LogP contribution >= 0.6 is 0 Å². The number of nitrogens with zero attached hydrogens (tertiary/aromatic N) is 1. The van der Waals surface area contributed by atoms with Gasteiger partial charge in [0.25, 0.3) is 0 Å². The first-order valence-electron chi connectivity index (χ1n) is 5.17. The Labute approximate surface area is 102 Å². The summed E-state index contributed by atoms with van der Waals surface area (Å²) in [4.78, 5) is 0.155. The van der Waals surface area contributed by atoms with Crippen LogP contribution in [0.5, 0.6) is 5.75 Å². The zero-order valence-corrected chi connectivity index (χ0v) is 10.9. The van der Waals surface area contributed by atoms with Gasteiger partial charge in [0.15, 0.2) is 9.84 Å². The maximum Gasteiger partial charge on any atom is 0.183 e. The molecule has 0 aromatic heterocycles. The van der Waals surface area contributed by atoms with Crippen molar-refractivity contribution in [3.8, 4) is 11.8 Å². The van der Waals surface area contributed by atoms with Crippen molar-refractivity contribution in [3.63, 3.8) is 0 Å². The number of hydrogen-bond acceptors (Lipinski definition) is 4. The molecule has 4 nitrogen and oxygen atoms in total. The highest BCUT2D eigenvalue weighted by Gasteiger charge is 2.22. The van der Waals surface area contributed by atoms with Crippen molar-refractivity contribution in [1.29, 1.82) is 5.26 Å². The van der Waals surface area contributed by atoms with Crippen LogP contribution in [0.1, 0.15) is 12.5 Å². The van der Waals surface area contributed by atoms with Gasteiger partial charge in [-0.05, 0) is 31.5 Å². The lowest BCUT2D eigenvalue weighted by Crippen LogP contribution is -2.14. The fraction of sp³-hybridized carbons (Fsp3) is 0.417. The molecule has 1 atom stereocenters. The van der Waals surface area contributed by atoms with E-state index >= 15 is 0 Å². The second-order valence-electron chi connectivity index (χ2n) is 3.97. The lowest BCUT2D eigenvalue weighted by molar-refractivity contribution is 0.402. The zero-order chi connectivity index (χ0) is 13.1. The van der Waals surface area contributed by atoms with Crippen LogP contribution in [0.3, 0.4) is 0 Å². The van der Waals surface area contributed by atoms with E-state index in [1.54, 1.807) is 25.1 Å². The summed E-state index contributed by atoms with van der Waals surface area (Å²) in [5, 5.41) is 8.68. The van der Waals surface area contributed by atoms with Crippen LogP contribution in [0, 0.1) is 24.2 Å². The maximum absolute atomic E-state index is 12.1. The third kappa shape index (κ3) is 3.21. The van der Waals surface area contributed by atoms with Gasteiger partial charge in [0.1, 0.15) is 10.6 Å². The zero-order valence-electron chi connectivity index (χ0n) is 10.1. The molecule has 0 saturated heterocycles. The van der Waals surface area contributed by atoms with E-state index in [1.807, 2.05) is 13.0 Å². The Morgan fingerprint density at radius 1 is 1.47 bits per heavy atom. The molecule has 0 aliphatic heterocycles. The van der Waals surface area contributed by atoms with Crippen molar-refractivity contribution < 1.29 is 13.2 Å². The Morgan fingerprint density at radius 3 is 2.65 bits per heavy atom. The minimum atomic E-state index is -3.48. The van der Waals surface area contributed by atoms with E-state index in [0.29, 0.717) is 5.75 Å². The van der Waals surface area contributed by atoms with Crippen LogP contribution in [0.25, 0.3) is 0 Å². The molecule has 0 saturated carbocycles. The van der Waals surface area contributed by atoms with Crippen LogP contribution in [-0.2, 0) is 9.84 Å². The van der Waals surface area contributed by atoms with Crippen molar-refractivity contribution >= 4 is 9.84 Å². The molecule has 0 aliphatic carbocycles. The molecule has 1 rings (SSSR count). The first-order valence-corrected chi connectivity index (χ1v) is 6.83. The molecule has 0 aliphatic rings. The smallest absolute Gasteiger partial charge is 0.183 e. The summed E-state index contributed by atoms with van der Waals surface area (Å²) in [5.41, 5.74) is 0.842. The number of methoxy groups -OCH3 is 1. The standard InChI is InChI=1S/C12H15NO3S/c1-9-4-5-11(16-3)12(6-9)17(14,15)8-10(2)7-13/h4-6,10H,8H2,1-3H3. The highest BCUT2D eigenvalue weighted by molar-refractivity contribution is 7.91. The minimum Gasteiger partial charge on any atom is -0.495 e. The Balaban J connectivity index is 3.23. The summed E-state index contributed by atoms with van der Waals surface area (Å²) in [7, 11) is -2.06. The van der Waals surface area contributed by atoms with Gasteiger partial charge in [-0.1, -0.05) is 6.07 Å². The molecule has 1 aromatic rings. The van der Waals surface area contributed by atoms with Crippen molar-refractivity contribution in [1.82, 2.24) is 0 Å². The summed E-state index contributed by atoms with van der Waals surface area (Å²) in [6.45, 7) is 3.39. The molecule has 0 amide bonds. The highest BCUT2D eigenvalue weighted by atomic mass is 32.2. The van der Waals surface area contributed by atoms with Crippen molar-refractivity contribution in [3.05, 3.63) is 23.8 Å². The molecule has 1 aromatic carbocycles. The summed E-state index contributed by atoms with van der Waals surface area (Å²) >= 11 is 0. The largest absolute Gasteiger partial charge is 0.495 e. The summed E-state index contributed by atoms with van der Waals surface area (Å²) < 4.78 is 29.2. The molecule has 0 bridgehead atoms. The Hall–Kier alpha value is -1.54. The summed E-state index contributed by atoms with van der Waals surface area (Å²) in [5.74, 6) is -0.408. The minimum absolute atomic E-state index is 0.155. The van der Waals surface area contributed by atoms with Gasteiger partial charge >= 0.3 is 0 Å². The monoisotopic (exact) mass is 253 g/mol. The lowest BCUT2D eigenvalue weighted by atomic mass is 10.2. The van der Waals surface area contributed by atoms with Crippen LogP contribution in [0.2, 0.25) is 0 Å². The average Bonchev–Trinajstić information content (AvgIpc) is 2.28. The van der Waals surface area contributed by atoms with Gasteiger partial charge in [-0.25, -0.2) is 8.42 Å². The number of hydrogen-bond donors (Lipinski definition) is 0. The molecule has 17 heavy (non-hydrogen) atoms. The molecule has 0 N–H and O–H groups in total. The lowest BCUT2D eigenvalue weighted by Gasteiger charge is -2.11. The van der Waals surface area contributed by atoms with E-state index in [-0.39, 0.29) is 10.6 Å². The molecular weight excluding hydrogens is 238 g/mol. The van der Waals surface area contributed by atoms with Crippen LogP contribution in [0.15, 0.2) is 23.1 Å². The second-order valence-corrected chi connectivity index (χ2v) is 5.97. The summed E-state index contributed by atoms with van der Waals surface area (Å²) in [6.07, 6.45) is 0. The third-order valence-corrected chi connectivity index (χ3v) is 4.27. The van der Waals surface area contributed by atoms with E-state index < -0.39 is 15.8 Å². The highest BCUT2D eigenvalue weighted by Crippen LogP contribution is 2.26. The Kier molecular flexibility index (Phi) is 4.13. The van der Waals surface area contributed by atoms with Crippen molar-refractivity contribution in [2.45, 2.75) is 18.7 Å². The van der Waals surface area contributed by atoms with Gasteiger partial charge in [-0.15, -0.1) is 0 Å². The van der Waals surface area contributed by atoms with E-state index in [0.717, 1.165) is 5.56 Å². The number of aryl methyl sites for hydroxylation is 1. The Morgan fingerprint density at radius 2 is 2.12 bits per heavy atom. The van der Waals surface area contributed by atoms with E-state index in [4.69, 9.17) is 10.00 Å². The van der Waals surface area contributed by atoms with Crippen LogP contribution in [0.4, 0.5) is 0 Å². The molecule has 0 radical (unpaired) electrons. The van der Waals surface area contributed by atoms with Gasteiger partial charge in [-0.2, -0.15) is 5.26 Å². The van der Waals surface area contributed by atoms with Gasteiger partial charge in [-0.3, -0.25) is 0 Å². The number of ether oxygens (including phenoxy) is 1. The van der Waals surface area contributed by atoms with Crippen LogP contribution < -0.4 is 4.74 Å². The van der Waals surface area contributed by atoms with Crippen LogP contribution in [-0.4, -0.2) is 21.3 Å². The van der Waals surface area contributed by atoms with E-state index in [9.17, 15) is 8.42 Å². The van der Waals surface area contributed by atoms with Crippen molar-refractivity contribution in [2.24, 2.45) is 5.92 Å². The molecule has 92 valence electrons. The molecule has 0 spiro atoms. The van der Waals surface area contributed by atoms with Gasteiger partial charge in [0.05, 0.1) is 24.8 Å². The molecule has 5 heteroatoms. The average molecular weight is 253 g/mol.